The first-order valence-electron chi connectivity index (χ1n) is 8.91. The largest absolute Gasteiger partial charge is 0.325 e. The fraction of sp³-hybridized carbons (Fsp3) is 0.250. The summed E-state index contributed by atoms with van der Waals surface area (Å²) in [6, 6.07) is 12.1. The third-order valence-corrected chi connectivity index (χ3v) is 6.56. The van der Waals surface area contributed by atoms with E-state index < -0.39 is 0 Å². The van der Waals surface area contributed by atoms with E-state index in [0.717, 1.165) is 29.7 Å². The van der Waals surface area contributed by atoms with Crippen LogP contribution in [0.25, 0.3) is 5.69 Å². The summed E-state index contributed by atoms with van der Waals surface area (Å²) >= 11 is 8.02. The standard InChI is InChI=1S/C20H20FN3OS3/c1-3-13-6-5-7-14(4-2)18(13)22-17(25)12-27-19-23-24(20(26)28-19)16-10-8-15(21)9-11-16/h5-11H,3-4,12H2,1-2H3,(H,22,25). The lowest BCUT2D eigenvalue weighted by molar-refractivity contribution is -0.113. The zero-order valence-electron chi connectivity index (χ0n) is 15.6. The van der Waals surface area contributed by atoms with E-state index in [4.69, 9.17) is 12.2 Å². The molecule has 0 spiro atoms. The third kappa shape index (κ3) is 4.87. The van der Waals surface area contributed by atoms with Crippen molar-refractivity contribution >= 4 is 46.9 Å². The van der Waals surface area contributed by atoms with Gasteiger partial charge in [0.05, 0.1) is 11.4 Å². The summed E-state index contributed by atoms with van der Waals surface area (Å²) in [6.45, 7) is 4.15. The molecule has 0 aliphatic rings. The second-order valence-electron chi connectivity index (χ2n) is 6.02. The van der Waals surface area contributed by atoms with E-state index >= 15 is 0 Å². The van der Waals surface area contributed by atoms with Crippen LogP contribution < -0.4 is 5.32 Å². The monoisotopic (exact) mass is 433 g/mol. The van der Waals surface area contributed by atoms with Gasteiger partial charge in [0, 0.05) is 5.69 Å². The van der Waals surface area contributed by atoms with Crippen LogP contribution in [-0.4, -0.2) is 21.4 Å². The SMILES string of the molecule is CCc1cccc(CC)c1NC(=O)CSc1nn(-c2ccc(F)cc2)c(=S)s1. The van der Waals surface area contributed by atoms with E-state index in [9.17, 15) is 9.18 Å². The summed E-state index contributed by atoms with van der Waals surface area (Å²) in [5.41, 5.74) is 3.88. The van der Waals surface area contributed by atoms with Crippen LogP contribution in [0.5, 0.6) is 0 Å². The van der Waals surface area contributed by atoms with Crippen molar-refractivity contribution < 1.29 is 9.18 Å². The van der Waals surface area contributed by atoms with Gasteiger partial charge in [-0.25, -0.2) is 9.07 Å². The van der Waals surface area contributed by atoms with Gasteiger partial charge in [-0.2, -0.15) is 0 Å². The molecule has 1 heterocycles. The summed E-state index contributed by atoms with van der Waals surface area (Å²) in [7, 11) is 0. The summed E-state index contributed by atoms with van der Waals surface area (Å²) < 4.78 is 15.9. The number of para-hydroxylation sites is 1. The van der Waals surface area contributed by atoms with Crippen LogP contribution in [0.3, 0.4) is 0 Å². The smallest absolute Gasteiger partial charge is 0.234 e. The predicted molar refractivity (Wildman–Crippen MR) is 117 cm³/mol. The predicted octanol–water partition coefficient (Wildman–Crippen LogP) is 5.66. The number of hydrogen-bond acceptors (Lipinski definition) is 5. The third-order valence-electron chi connectivity index (χ3n) is 4.19. The van der Waals surface area contributed by atoms with Crippen molar-refractivity contribution in [1.29, 1.82) is 0 Å². The number of carbonyl (C=O) groups is 1. The van der Waals surface area contributed by atoms with Crippen molar-refractivity contribution in [3.05, 3.63) is 63.4 Å². The lowest BCUT2D eigenvalue weighted by Gasteiger charge is -2.14. The van der Waals surface area contributed by atoms with E-state index in [-0.39, 0.29) is 17.5 Å². The fourth-order valence-corrected chi connectivity index (χ4v) is 4.93. The Morgan fingerprint density at radius 1 is 1.18 bits per heavy atom. The average molecular weight is 434 g/mol. The van der Waals surface area contributed by atoms with E-state index in [1.54, 1.807) is 16.8 Å². The molecule has 0 aliphatic heterocycles. The number of aryl methyl sites for hydroxylation is 2. The number of nitrogens with one attached hydrogen (secondary N) is 1. The molecule has 0 aliphatic carbocycles. The van der Waals surface area contributed by atoms with Crippen LogP contribution in [0.1, 0.15) is 25.0 Å². The molecule has 4 nitrogen and oxygen atoms in total. The first-order valence-corrected chi connectivity index (χ1v) is 11.1. The second kappa shape index (κ2) is 9.45. The molecule has 0 radical (unpaired) electrons. The van der Waals surface area contributed by atoms with Gasteiger partial charge in [-0.1, -0.05) is 55.1 Å². The average Bonchev–Trinajstić information content (AvgIpc) is 3.07. The summed E-state index contributed by atoms with van der Waals surface area (Å²) in [5, 5.41) is 7.50. The van der Waals surface area contributed by atoms with Gasteiger partial charge in [-0.15, -0.1) is 5.10 Å². The Morgan fingerprint density at radius 3 is 2.43 bits per heavy atom. The number of aromatic nitrogens is 2. The molecule has 0 bridgehead atoms. The molecule has 1 amide bonds. The lowest BCUT2D eigenvalue weighted by Crippen LogP contribution is -2.16. The molecule has 0 atom stereocenters. The Hall–Kier alpha value is -2.03. The zero-order chi connectivity index (χ0) is 20.1. The number of thioether (sulfide) groups is 1. The molecule has 8 heteroatoms. The highest BCUT2D eigenvalue weighted by Crippen LogP contribution is 2.26. The highest BCUT2D eigenvalue weighted by Gasteiger charge is 2.13. The van der Waals surface area contributed by atoms with Crippen molar-refractivity contribution in [3.8, 4) is 5.69 Å². The van der Waals surface area contributed by atoms with Crippen molar-refractivity contribution in [2.45, 2.75) is 31.0 Å². The molecular formula is C20H20FN3OS3. The van der Waals surface area contributed by atoms with E-state index in [1.165, 1.54) is 35.2 Å². The topological polar surface area (TPSA) is 46.9 Å². The minimum atomic E-state index is -0.310. The summed E-state index contributed by atoms with van der Waals surface area (Å²) in [5.74, 6) is -0.141. The minimum Gasteiger partial charge on any atom is -0.325 e. The fourth-order valence-electron chi connectivity index (χ4n) is 2.77. The molecular weight excluding hydrogens is 413 g/mol. The van der Waals surface area contributed by atoms with Crippen molar-refractivity contribution in [2.75, 3.05) is 11.1 Å². The summed E-state index contributed by atoms with van der Waals surface area (Å²) in [4.78, 5) is 12.5. The van der Waals surface area contributed by atoms with Gasteiger partial charge in [-0.05, 0) is 60.5 Å². The van der Waals surface area contributed by atoms with Crippen LogP contribution in [-0.2, 0) is 17.6 Å². The zero-order valence-corrected chi connectivity index (χ0v) is 18.0. The Balaban J connectivity index is 1.68. The number of rotatable bonds is 7. The Kier molecular flexibility index (Phi) is 6.98. The van der Waals surface area contributed by atoms with Crippen molar-refractivity contribution in [3.63, 3.8) is 0 Å². The van der Waals surface area contributed by atoms with E-state index in [0.29, 0.717) is 14.0 Å². The maximum atomic E-state index is 13.1. The summed E-state index contributed by atoms with van der Waals surface area (Å²) in [6.07, 6.45) is 1.72. The molecule has 0 unspecified atom stereocenters. The van der Waals surface area contributed by atoms with Crippen molar-refractivity contribution in [1.82, 2.24) is 9.78 Å². The maximum Gasteiger partial charge on any atom is 0.234 e. The molecule has 146 valence electrons. The lowest BCUT2D eigenvalue weighted by atomic mass is 10.0. The Labute approximate surface area is 176 Å². The van der Waals surface area contributed by atoms with Gasteiger partial charge >= 0.3 is 0 Å². The molecule has 3 rings (SSSR count). The molecule has 0 saturated carbocycles. The van der Waals surface area contributed by atoms with E-state index in [1.807, 2.05) is 18.2 Å². The molecule has 0 fully saturated rings. The van der Waals surface area contributed by atoms with Crippen LogP contribution in [0.4, 0.5) is 10.1 Å². The number of carbonyl (C=O) groups excluding carboxylic acids is 1. The number of benzene rings is 2. The van der Waals surface area contributed by atoms with Gasteiger partial charge in [0.1, 0.15) is 5.82 Å². The quantitative estimate of drug-likeness (QED) is 0.386. The second-order valence-corrected chi connectivity index (χ2v) is 8.86. The van der Waals surface area contributed by atoms with Crippen LogP contribution in [0.15, 0.2) is 46.8 Å². The molecule has 28 heavy (non-hydrogen) atoms. The van der Waals surface area contributed by atoms with Gasteiger partial charge < -0.3 is 5.32 Å². The number of anilines is 1. The Morgan fingerprint density at radius 2 is 1.82 bits per heavy atom. The number of halogens is 1. The number of amides is 1. The van der Waals surface area contributed by atoms with Crippen LogP contribution in [0, 0.1) is 9.77 Å². The minimum absolute atomic E-state index is 0.0740. The van der Waals surface area contributed by atoms with Gasteiger partial charge in [0.15, 0.2) is 8.29 Å². The maximum absolute atomic E-state index is 13.1. The Bertz CT molecular complexity index is 1010. The highest BCUT2D eigenvalue weighted by molar-refractivity contribution is 8.01. The van der Waals surface area contributed by atoms with Crippen LogP contribution in [0.2, 0.25) is 0 Å². The molecule has 1 N–H and O–H groups in total. The molecule has 1 aromatic heterocycles. The highest BCUT2D eigenvalue weighted by atomic mass is 32.2. The van der Waals surface area contributed by atoms with Gasteiger partial charge in [0.2, 0.25) is 5.91 Å². The number of hydrogen-bond donors (Lipinski definition) is 1. The number of nitrogens with zero attached hydrogens (tertiary/aromatic N) is 2. The molecule has 3 aromatic rings. The first kappa shape index (κ1) is 20.7. The normalized spacial score (nSPS) is 10.8. The van der Waals surface area contributed by atoms with Crippen molar-refractivity contribution in [2.24, 2.45) is 0 Å². The van der Waals surface area contributed by atoms with E-state index in [2.05, 4.69) is 24.3 Å². The van der Waals surface area contributed by atoms with Gasteiger partial charge in [-0.3, -0.25) is 4.79 Å². The first-order chi connectivity index (χ1) is 13.5. The molecule has 0 saturated heterocycles. The van der Waals surface area contributed by atoms with Crippen LogP contribution >= 0.6 is 35.3 Å². The molecule has 2 aromatic carbocycles. The van der Waals surface area contributed by atoms with Gasteiger partial charge in [0.25, 0.3) is 0 Å².